The zero-order valence-corrected chi connectivity index (χ0v) is 10.9. The highest BCUT2D eigenvalue weighted by Gasteiger charge is 2.25. The van der Waals surface area contributed by atoms with Crippen LogP contribution in [0.4, 0.5) is 6.01 Å². The molecule has 0 amide bonds. The van der Waals surface area contributed by atoms with Crippen LogP contribution in [0.1, 0.15) is 39.0 Å². The lowest BCUT2D eigenvalue weighted by Crippen LogP contribution is -2.30. The van der Waals surface area contributed by atoms with Crippen LogP contribution in [0.3, 0.4) is 0 Å². The number of nitrogens with zero attached hydrogens (tertiary/aromatic N) is 2. The highest BCUT2D eigenvalue weighted by molar-refractivity contribution is 5.19. The molecule has 5 heteroatoms. The Morgan fingerprint density at radius 1 is 1.24 bits per heavy atom. The standard InChI is InChI=1S/C12H22N4O/c1-8-4-5-10(6-9(8)2)14-12-16-15-11(17-12)7-13-3/h8-10,13H,4-7H2,1-3H3,(H,14,16). The monoisotopic (exact) mass is 238 g/mol. The Bertz CT molecular complexity index is 352. The lowest BCUT2D eigenvalue weighted by molar-refractivity contribution is 0.258. The van der Waals surface area contributed by atoms with Gasteiger partial charge >= 0.3 is 6.01 Å². The van der Waals surface area contributed by atoms with Crippen LogP contribution in [0.5, 0.6) is 0 Å². The third-order valence-corrected chi connectivity index (χ3v) is 3.72. The van der Waals surface area contributed by atoms with Crippen molar-refractivity contribution < 1.29 is 4.42 Å². The summed E-state index contributed by atoms with van der Waals surface area (Å²) in [6.07, 6.45) is 3.65. The van der Waals surface area contributed by atoms with E-state index in [0.29, 0.717) is 24.5 Å². The molecule has 0 aliphatic heterocycles. The molecule has 1 fully saturated rings. The number of nitrogens with one attached hydrogen (secondary N) is 2. The van der Waals surface area contributed by atoms with Gasteiger partial charge in [0.2, 0.25) is 5.89 Å². The van der Waals surface area contributed by atoms with Crippen LogP contribution in [-0.4, -0.2) is 23.3 Å². The summed E-state index contributed by atoms with van der Waals surface area (Å²) in [5.41, 5.74) is 0. The lowest BCUT2D eigenvalue weighted by atomic mass is 9.79. The zero-order chi connectivity index (χ0) is 12.3. The first-order chi connectivity index (χ1) is 8.19. The van der Waals surface area contributed by atoms with Gasteiger partial charge in [-0.25, -0.2) is 0 Å². The molecule has 0 spiro atoms. The van der Waals surface area contributed by atoms with Gasteiger partial charge in [0, 0.05) is 6.04 Å². The van der Waals surface area contributed by atoms with Crippen molar-refractivity contribution in [2.45, 2.75) is 45.7 Å². The van der Waals surface area contributed by atoms with E-state index in [4.69, 9.17) is 4.42 Å². The molecule has 1 aromatic heterocycles. The van der Waals surface area contributed by atoms with Crippen LogP contribution in [0.25, 0.3) is 0 Å². The molecule has 1 saturated carbocycles. The number of hydrogen-bond donors (Lipinski definition) is 2. The molecule has 0 saturated heterocycles. The number of aromatic nitrogens is 2. The van der Waals surface area contributed by atoms with Gasteiger partial charge in [0.25, 0.3) is 0 Å². The van der Waals surface area contributed by atoms with Crippen molar-refractivity contribution in [3.05, 3.63) is 5.89 Å². The summed E-state index contributed by atoms with van der Waals surface area (Å²) in [6, 6.07) is 1.03. The molecule has 1 heterocycles. The minimum Gasteiger partial charge on any atom is -0.407 e. The van der Waals surface area contributed by atoms with E-state index in [1.807, 2.05) is 7.05 Å². The van der Waals surface area contributed by atoms with Crippen LogP contribution < -0.4 is 10.6 Å². The summed E-state index contributed by atoms with van der Waals surface area (Å²) >= 11 is 0. The van der Waals surface area contributed by atoms with E-state index in [1.165, 1.54) is 19.3 Å². The first-order valence-corrected chi connectivity index (χ1v) is 6.42. The molecular formula is C12H22N4O. The van der Waals surface area contributed by atoms with E-state index in [0.717, 1.165) is 11.8 Å². The summed E-state index contributed by atoms with van der Waals surface area (Å²) in [5, 5.41) is 14.3. The van der Waals surface area contributed by atoms with E-state index in [2.05, 4.69) is 34.7 Å². The zero-order valence-electron chi connectivity index (χ0n) is 10.9. The van der Waals surface area contributed by atoms with E-state index >= 15 is 0 Å². The fraction of sp³-hybridized carbons (Fsp3) is 0.833. The van der Waals surface area contributed by atoms with Gasteiger partial charge in [0.15, 0.2) is 0 Å². The van der Waals surface area contributed by atoms with E-state index in [1.54, 1.807) is 0 Å². The lowest BCUT2D eigenvalue weighted by Gasteiger charge is -2.31. The summed E-state index contributed by atoms with van der Waals surface area (Å²) in [6.45, 7) is 5.27. The summed E-state index contributed by atoms with van der Waals surface area (Å²) < 4.78 is 5.49. The average Bonchev–Trinajstić information content (AvgIpc) is 2.72. The van der Waals surface area contributed by atoms with Gasteiger partial charge in [0.05, 0.1) is 6.54 Å². The van der Waals surface area contributed by atoms with Gasteiger partial charge in [-0.1, -0.05) is 18.9 Å². The second-order valence-electron chi connectivity index (χ2n) is 5.14. The van der Waals surface area contributed by atoms with Gasteiger partial charge in [-0.15, -0.1) is 5.10 Å². The third-order valence-electron chi connectivity index (χ3n) is 3.72. The first kappa shape index (κ1) is 12.4. The molecule has 0 aromatic carbocycles. The fourth-order valence-electron chi connectivity index (χ4n) is 2.39. The van der Waals surface area contributed by atoms with Crippen molar-refractivity contribution in [3.8, 4) is 0 Å². The Hall–Kier alpha value is -1.10. The second-order valence-corrected chi connectivity index (χ2v) is 5.14. The van der Waals surface area contributed by atoms with Gasteiger partial charge in [-0.2, -0.15) is 0 Å². The fourth-order valence-corrected chi connectivity index (χ4v) is 2.39. The first-order valence-electron chi connectivity index (χ1n) is 6.42. The highest BCUT2D eigenvalue weighted by atomic mass is 16.4. The Morgan fingerprint density at radius 3 is 2.76 bits per heavy atom. The maximum Gasteiger partial charge on any atom is 0.315 e. The SMILES string of the molecule is CNCc1nnc(NC2CCC(C)C(C)C2)o1. The summed E-state index contributed by atoms with van der Waals surface area (Å²) in [5.74, 6) is 2.23. The molecule has 0 bridgehead atoms. The molecule has 3 atom stereocenters. The summed E-state index contributed by atoms with van der Waals surface area (Å²) in [7, 11) is 1.86. The van der Waals surface area contributed by atoms with Crippen molar-refractivity contribution >= 4 is 6.01 Å². The number of rotatable bonds is 4. The normalized spacial score (nSPS) is 29.2. The minimum atomic E-state index is 0.476. The van der Waals surface area contributed by atoms with Crippen LogP contribution in [0.2, 0.25) is 0 Å². The predicted octanol–water partition coefficient (Wildman–Crippen LogP) is 2.03. The van der Waals surface area contributed by atoms with Crippen LogP contribution in [-0.2, 0) is 6.54 Å². The van der Waals surface area contributed by atoms with Gasteiger partial charge < -0.3 is 15.1 Å². The topological polar surface area (TPSA) is 63.0 Å². The van der Waals surface area contributed by atoms with Gasteiger partial charge in [-0.05, 0) is 38.1 Å². The van der Waals surface area contributed by atoms with E-state index in [9.17, 15) is 0 Å². The number of hydrogen-bond acceptors (Lipinski definition) is 5. The molecule has 1 aliphatic carbocycles. The quantitative estimate of drug-likeness (QED) is 0.840. The Kier molecular flexibility index (Phi) is 3.99. The molecule has 2 N–H and O–H groups in total. The molecule has 2 rings (SSSR count). The Labute approximate surface area is 102 Å². The molecule has 0 radical (unpaired) electrons. The Balaban J connectivity index is 1.87. The van der Waals surface area contributed by atoms with Crippen LogP contribution >= 0.6 is 0 Å². The van der Waals surface area contributed by atoms with Crippen molar-refractivity contribution in [3.63, 3.8) is 0 Å². The molecule has 3 unspecified atom stereocenters. The maximum absolute atomic E-state index is 5.49. The van der Waals surface area contributed by atoms with Gasteiger partial charge in [-0.3, -0.25) is 0 Å². The molecule has 1 aromatic rings. The average molecular weight is 238 g/mol. The van der Waals surface area contributed by atoms with E-state index < -0.39 is 0 Å². The summed E-state index contributed by atoms with van der Waals surface area (Å²) in [4.78, 5) is 0. The molecule has 96 valence electrons. The van der Waals surface area contributed by atoms with Crippen molar-refractivity contribution in [1.29, 1.82) is 0 Å². The van der Waals surface area contributed by atoms with Gasteiger partial charge in [0.1, 0.15) is 0 Å². The maximum atomic E-state index is 5.49. The molecule has 17 heavy (non-hydrogen) atoms. The van der Waals surface area contributed by atoms with E-state index in [-0.39, 0.29) is 0 Å². The molecule has 1 aliphatic rings. The van der Waals surface area contributed by atoms with Crippen LogP contribution in [0.15, 0.2) is 4.42 Å². The predicted molar refractivity (Wildman–Crippen MR) is 66.7 cm³/mol. The molecule has 5 nitrogen and oxygen atoms in total. The number of anilines is 1. The minimum absolute atomic E-state index is 0.476. The third kappa shape index (κ3) is 3.19. The van der Waals surface area contributed by atoms with Crippen molar-refractivity contribution in [2.24, 2.45) is 11.8 Å². The second kappa shape index (κ2) is 5.49. The molecular weight excluding hydrogens is 216 g/mol. The largest absolute Gasteiger partial charge is 0.407 e. The smallest absolute Gasteiger partial charge is 0.315 e. The van der Waals surface area contributed by atoms with Crippen molar-refractivity contribution in [1.82, 2.24) is 15.5 Å². The van der Waals surface area contributed by atoms with Crippen LogP contribution in [0, 0.1) is 11.8 Å². The Morgan fingerprint density at radius 2 is 2.06 bits per heavy atom. The highest BCUT2D eigenvalue weighted by Crippen LogP contribution is 2.30. The van der Waals surface area contributed by atoms with Crippen molar-refractivity contribution in [2.75, 3.05) is 12.4 Å².